The molecule has 0 saturated heterocycles. The molecule has 0 atom stereocenters. The molecule has 0 nitrogen and oxygen atoms in total. The Balaban J connectivity index is 2.62. The predicted molar refractivity (Wildman–Crippen MR) is 150 cm³/mol. The summed E-state index contributed by atoms with van der Waals surface area (Å²) in [5.74, 6) is 0. The van der Waals surface area contributed by atoms with E-state index in [4.69, 9.17) is 0 Å². The molecule has 0 aromatic heterocycles. The van der Waals surface area contributed by atoms with Crippen LogP contribution in [0.15, 0.2) is 49.1 Å². The molecule has 180 valence electrons. The van der Waals surface area contributed by atoms with Crippen molar-refractivity contribution in [2.75, 3.05) is 0 Å². The van der Waals surface area contributed by atoms with Crippen molar-refractivity contribution >= 4 is 11.1 Å². The van der Waals surface area contributed by atoms with Gasteiger partial charge in [0.1, 0.15) is 0 Å². The van der Waals surface area contributed by atoms with Gasteiger partial charge in [0, 0.05) is 0 Å². The molecule has 0 amide bonds. The number of benzene rings is 2. The average Bonchev–Trinajstić information content (AvgIpc) is 2.64. The molecule has 0 spiro atoms. The van der Waals surface area contributed by atoms with Gasteiger partial charge in [0.25, 0.3) is 0 Å². The highest BCUT2D eigenvalue weighted by Gasteiger charge is 2.22. The summed E-state index contributed by atoms with van der Waals surface area (Å²) in [6, 6.07) is 14.1. The molecule has 0 aliphatic rings. The molecule has 0 bridgehead atoms. The Morgan fingerprint density at radius 3 is 1.06 bits per heavy atom. The van der Waals surface area contributed by atoms with Gasteiger partial charge in [-0.3, -0.25) is 0 Å². The van der Waals surface area contributed by atoms with E-state index >= 15 is 0 Å². The van der Waals surface area contributed by atoms with Crippen molar-refractivity contribution in [2.45, 2.75) is 112 Å². The van der Waals surface area contributed by atoms with E-state index in [-0.39, 0.29) is 21.7 Å². The van der Waals surface area contributed by atoms with Crippen LogP contribution in [0.5, 0.6) is 0 Å². The third-order valence-electron chi connectivity index (χ3n) is 6.55. The highest BCUT2D eigenvalue weighted by Crippen LogP contribution is 2.35. The SMILES string of the molecule is C=C(/C=C(\C)c1cc(C(C)(C)C)cc(C(C)(C)C)c1)c1cc(C(C)(C)C)cc(C(C)(C)C)c1. The fraction of sp³-hybridized carbons (Fsp3) is 0.515. The molecule has 0 saturated carbocycles. The summed E-state index contributed by atoms with van der Waals surface area (Å²) in [5, 5.41) is 0. The zero-order chi connectivity index (χ0) is 25.6. The minimum Gasteiger partial charge on any atom is -0.0911 e. The standard InChI is InChI=1S/C33H48/c1-22(24-16-26(30(3,4)5)20-27(17-24)31(6,7)8)15-23(2)25-18-28(32(9,10)11)21-29(19-25)33(12,13)14/h15-21H,1H2,2-14H3/b23-15+. The smallest absolute Gasteiger partial charge is 0.0132 e. The lowest BCUT2D eigenvalue weighted by Crippen LogP contribution is -2.17. The Morgan fingerprint density at radius 1 is 0.515 bits per heavy atom. The first-order valence-electron chi connectivity index (χ1n) is 12.4. The largest absolute Gasteiger partial charge is 0.0911 e. The summed E-state index contributed by atoms with van der Waals surface area (Å²) in [6.45, 7) is 34.2. The summed E-state index contributed by atoms with van der Waals surface area (Å²) in [6.07, 6.45) is 2.27. The first kappa shape index (κ1) is 27.2. The first-order chi connectivity index (χ1) is 14.7. The van der Waals surface area contributed by atoms with Crippen LogP contribution >= 0.6 is 0 Å². The molecule has 0 radical (unpaired) electrons. The second-order valence-corrected chi connectivity index (χ2v) is 14.0. The second kappa shape index (κ2) is 8.94. The zero-order valence-corrected chi connectivity index (χ0v) is 23.7. The minimum atomic E-state index is 0.0949. The summed E-state index contributed by atoms with van der Waals surface area (Å²) in [5.41, 5.74) is 10.7. The molecule has 0 unspecified atom stereocenters. The molecule has 0 N–H and O–H groups in total. The molecule has 0 aliphatic carbocycles. The van der Waals surface area contributed by atoms with E-state index in [1.807, 2.05) is 0 Å². The number of hydrogen-bond donors (Lipinski definition) is 0. The average molecular weight is 445 g/mol. The summed E-state index contributed by atoms with van der Waals surface area (Å²) < 4.78 is 0. The number of allylic oxidation sites excluding steroid dienone is 3. The maximum absolute atomic E-state index is 4.50. The zero-order valence-electron chi connectivity index (χ0n) is 23.7. The summed E-state index contributed by atoms with van der Waals surface area (Å²) in [4.78, 5) is 0. The van der Waals surface area contributed by atoms with Crippen LogP contribution in [0.2, 0.25) is 0 Å². The van der Waals surface area contributed by atoms with Crippen LogP contribution in [0.1, 0.15) is 123 Å². The van der Waals surface area contributed by atoms with Crippen molar-refractivity contribution in [3.05, 3.63) is 82.4 Å². The Morgan fingerprint density at radius 2 is 0.788 bits per heavy atom. The van der Waals surface area contributed by atoms with Crippen molar-refractivity contribution in [3.63, 3.8) is 0 Å². The topological polar surface area (TPSA) is 0 Å². The lowest BCUT2D eigenvalue weighted by atomic mass is 9.78. The highest BCUT2D eigenvalue weighted by molar-refractivity contribution is 5.83. The van der Waals surface area contributed by atoms with Crippen LogP contribution in [0.3, 0.4) is 0 Å². The minimum absolute atomic E-state index is 0.0949. The fourth-order valence-corrected chi connectivity index (χ4v) is 3.83. The van der Waals surface area contributed by atoms with E-state index < -0.39 is 0 Å². The van der Waals surface area contributed by atoms with Gasteiger partial charge in [0.2, 0.25) is 0 Å². The molecular formula is C33H48. The highest BCUT2D eigenvalue weighted by atomic mass is 14.3. The molecule has 0 fully saturated rings. The molecule has 2 rings (SSSR count). The van der Waals surface area contributed by atoms with Gasteiger partial charge in [-0.25, -0.2) is 0 Å². The second-order valence-electron chi connectivity index (χ2n) is 14.0. The van der Waals surface area contributed by atoms with Gasteiger partial charge in [-0.1, -0.05) is 132 Å². The summed E-state index contributed by atoms with van der Waals surface area (Å²) in [7, 11) is 0. The maximum Gasteiger partial charge on any atom is -0.0132 e. The van der Waals surface area contributed by atoms with Crippen LogP contribution in [0, 0.1) is 0 Å². The van der Waals surface area contributed by atoms with Crippen molar-refractivity contribution in [2.24, 2.45) is 0 Å². The Labute approximate surface area is 205 Å². The monoisotopic (exact) mass is 444 g/mol. The number of rotatable bonds is 3. The van der Waals surface area contributed by atoms with Gasteiger partial charge in [0.05, 0.1) is 0 Å². The quantitative estimate of drug-likeness (QED) is 0.413. The van der Waals surface area contributed by atoms with Gasteiger partial charge < -0.3 is 0 Å². The molecule has 0 heteroatoms. The molecular weight excluding hydrogens is 396 g/mol. The van der Waals surface area contributed by atoms with Gasteiger partial charge in [-0.15, -0.1) is 0 Å². The van der Waals surface area contributed by atoms with Crippen molar-refractivity contribution in [1.29, 1.82) is 0 Å². The Kier molecular flexibility index (Phi) is 7.36. The lowest BCUT2D eigenvalue weighted by Gasteiger charge is -2.27. The molecule has 0 heterocycles. The van der Waals surface area contributed by atoms with Gasteiger partial charge in [0.15, 0.2) is 0 Å². The normalized spacial score (nSPS) is 13.9. The van der Waals surface area contributed by atoms with E-state index in [0.29, 0.717) is 0 Å². The van der Waals surface area contributed by atoms with Crippen molar-refractivity contribution in [3.8, 4) is 0 Å². The van der Waals surface area contributed by atoms with E-state index in [1.54, 1.807) is 0 Å². The van der Waals surface area contributed by atoms with Gasteiger partial charge in [-0.05, 0) is 73.1 Å². The van der Waals surface area contributed by atoms with E-state index in [9.17, 15) is 0 Å². The van der Waals surface area contributed by atoms with Crippen molar-refractivity contribution in [1.82, 2.24) is 0 Å². The Bertz CT molecular complexity index is 981. The summed E-state index contributed by atoms with van der Waals surface area (Å²) >= 11 is 0. The number of hydrogen-bond acceptors (Lipinski definition) is 0. The molecule has 2 aromatic carbocycles. The fourth-order valence-electron chi connectivity index (χ4n) is 3.83. The third-order valence-corrected chi connectivity index (χ3v) is 6.55. The van der Waals surface area contributed by atoms with Crippen LogP contribution in [0.25, 0.3) is 11.1 Å². The van der Waals surface area contributed by atoms with Crippen LogP contribution < -0.4 is 0 Å². The van der Waals surface area contributed by atoms with Gasteiger partial charge >= 0.3 is 0 Å². The molecule has 2 aromatic rings. The van der Waals surface area contributed by atoms with Gasteiger partial charge in [-0.2, -0.15) is 0 Å². The van der Waals surface area contributed by atoms with E-state index in [0.717, 1.165) is 5.57 Å². The van der Waals surface area contributed by atoms with Crippen LogP contribution in [-0.4, -0.2) is 0 Å². The third kappa shape index (κ3) is 6.95. The first-order valence-corrected chi connectivity index (χ1v) is 12.4. The van der Waals surface area contributed by atoms with Crippen molar-refractivity contribution < 1.29 is 0 Å². The Hall–Kier alpha value is -2.08. The lowest BCUT2D eigenvalue weighted by molar-refractivity contribution is 0.567. The molecule has 0 aliphatic heterocycles. The van der Waals surface area contributed by atoms with Crippen LogP contribution in [-0.2, 0) is 21.7 Å². The van der Waals surface area contributed by atoms with Crippen LogP contribution in [0.4, 0.5) is 0 Å². The van der Waals surface area contributed by atoms with E-state index in [1.165, 1.54) is 39.0 Å². The predicted octanol–water partition coefficient (Wildman–Crippen LogP) is 9.99. The van der Waals surface area contributed by atoms with E-state index in [2.05, 4.69) is 139 Å². The maximum atomic E-state index is 4.50. The molecule has 33 heavy (non-hydrogen) atoms.